The second-order valence-electron chi connectivity index (χ2n) is 2.47. The van der Waals surface area contributed by atoms with Gasteiger partial charge in [0.2, 0.25) is 0 Å². The van der Waals surface area contributed by atoms with Crippen molar-refractivity contribution < 1.29 is 35.5 Å². The van der Waals surface area contributed by atoms with Gasteiger partial charge in [0.15, 0.2) is 0 Å². The van der Waals surface area contributed by atoms with Crippen molar-refractivity contribution in [2.75, 3.05) is 6.61 Å². The molecule has 1 nitrogen and oxygen atoms in total. The quantitative estimate of drug-likeness (QED) is 0.540. The van der Waals surface area contributed by atoms with Gasteiger partial charge < -0.3 is 4.74 Å². The van der Waals surface area contributed by atoms with Crippen LogP contribution in [0.2, 0.25) is 0 Å². The number of rotatable bonds is 4. The molecule has 0 aliphatic heterocycles. The number of halogens is 7. The number of allylic oxidation sites excluding steroid dienone is 1. The third-order valence-corrected chi connectivity index (χ3v) is 1.32. The topological polar surface area (TPSA) is 9.23 Å². The fourth-order valence-electron chi connectivity index (χ4n) is 0.558. The molecule has 0 bridgehead atoms. The van der Waals surface area contributed by atoms with Crippen LogP contribution < -0.4 is 0 Å². The minimum Gasteiger partial charge on any atom is -0.375 e. The molecular formula is C7H6F7O. The maximum Gasteiger partial charge on any atom is 0.460 e. The third-order valence-electron chi connectivity index (χ3n) is 1.32. The highest BCUT2D eigenvalue weighted by Gasteiger charge is 2.71. The van der Waals surface area contributed by atoms with Gasteiger partial charge in [0.1, 0.15) is 0 Å². The van der Waals surface area contributed by atoms with Crippen molar-refractivity contribution in [3.05, 3.63) is 19.3 Å². The van der Waals surface area contributed by atoms with Crippen molar-refractivity contribution in [1.82, 2.24) is 0 Å². The zero-order chi connectivity index (χ0) is 12.3. The molecule has 0 amide bonds. The molecule has 0 aromatic carbocycles. The second kappa shape index (κ2) is 4.38. The van der Waals surface area contributed by atoms with Crippen LogP contribution in [-0.2, 0) is 4.74 Å². The Hall–Kier alpha value is -0.790. The summed E-state index contributed by atoms with van der Waals surface area (Å²) in [6.45, 7) is -0.594. The summed E-state index contributed by atoms with van der Waals surface area (Å²) in [5, 5.41) is 0. The summed E-state index contributed by atoms with van der Waals surface area (Å²) in [7, 11) is 2.71. The first-order chi connectivity index (χ1) is 6.56. The Morgan fingerprint density at radius 2 is 1.47 bits per heavy atom. The first kappa shape index (κ1) is 14.2. The Labute approximate surface area is 80.5 Å². The van der Waals surface area contributed by atoms with Gasteiger partial charge in [-0.05, 0) is 6.08 Å². The lowest BCUT2D eigenvalue weighted by atomic mass is 10.1. The molecule has 0 aromatic rings. The van der Waals surface area contributed by atoms with Gasteiger partial charge in [-0.15, -0.1) is 0 Å². The van der Waals surface area contributed by atoms with Gasteiger partial charge in [0, 0.05) is 0 Å². The van der Waals surface area contributed by atoms with E-state index in [0.29, 0.717) is 6.08 Å². The fourth-order valence-corrected chi connectivity index (χ4v) is 0.558. The van der Waals surface area contributed by atoms with E-state index >= 15 is 0 Å². The predicted molar refractivity (Wildman–Crippen MR) is 36.4 cm³/mol. The van der Waals surface area contributed by atoms with Crippen LogP contribution in [-0.4, -0.2) is 24.6 Å². The molecule has 15 heavy (non-hydrogen) atoms. The van der Waals surface area contributed by atoms with Crippen molar-refractivity contribution in [2.45, 2.75) is 18.0 Å². The van der Waals surface area contributed by atoms with Crippen LogP contribution in [0.5, 0.6) is 0 Å². The molecule has 0 aliphatic carbocycles. The number of hydrogen-bond acceptors (Lipinski definition) is 1. The smallest absolute Gasteiger partial charge is 0.375 e. The Kier molecular flexibility index (Phi) is 4.15. The molecule has 1 radical (unpaired) electrons. The van der Waals surface area contributed by atoms with Crippen molar-refractivity contribution in [3.63, 3.8) is 0 Å². The monoisotopic (exact) mass is 239 g/mol. The van der Waals surface area contributed by atoms with Crippen LogP contribution in [0.3, 0.4) is 0 Å². The lowest BCUT2D eigenvalue weighted by Crippen LogP contribution is -2.50. The van der Waals surface area contributed by atoms with E-state index in [1.807, 2.05) is 0 Å². The zero-order valence-electron chi connectivity index (χ0n) is 7.12. The van der Waals surface area contributed by atoms with E-state index < -0.39 is 30.7 Å². The molecule has 0 atom stereocenters. The molecule has 0 saturated carbocycles. The fraction of sp³-hybridized carbons (Fsp3) is 0.571. The summed E-state index contributed by atoms with van der Waals surface area (Å²) in [6, 6.07) is 0. The minimum atomic E-state index is -6.31. The van der Waals surface area contributed by atoms with E-state index in [2.05, 4.69) is 11.8 Å². The maximum atomic E-state index is 12.4. The highest BCUT2D eigenvalue weighted by molar-refractivity contribution is 5.05. The maximum absolute atomic E-state index is 12.4. The zero-order valence-corrected chi connectivity index (χ0v) is 7.12. The molecule has 0 aliphatic rings. The summed E-state index contributed by atoms with van der Waals surface area (Å²) in [6.07, 6.45) is -6.55. The van der Waals surface area contributed by atoms with E-state index in [1.54, 1.807) is 0 Å². The SMILES string of the molecule is [CH2]OCC=CC(F)(F)C(F)(F)C(F)(F)F. The second-order valence-corrected chi connectivity index (χ2v) is 2.47. The molecule has 0 aromatic heterocycles. The highest BCUT2D eigenvalue weighted by atomic mass is 19.4. The van der Waals surface area contributed by atoms with E-state index in [0.717, 1.165) is 0 Å². The summed E-state index contributed by atoms with van der Waals surface area (Å²) in [4.78, 5) is 0. The first-order valence-corrected chi connectivity index (χ1v) is 3.43. The van der Waals surface area contributed by atoms with Crippen LogP contribution in [0.4, 0.5) is 30.7 Å². The van der Waals surface area contributed by atoms with Crippen molar-refractivity contribution >= 4 is 0 Å². The first-order valence-electron chi connectivity index (χ1n) is 3.43. The van der Waals surface area contributed by atoms with Gasteiger partial charge in [-0.25, -0.2) is 0 Å². The Morgan fingerprint density at radius 1 is 1.00 bits per heavy atom. The van der Waals surface area contributed by atoms with E-state index in [9.17, 15) is 30.7 Å². The average Bonchev–Trinajstić information content (AvgIpc) is 2.02. The van der Waals surface area contributed by atoms with Gasteiger partial charge in [0.25, 0.3) is 0 Å². The van der Waals surface area contributed by atoms with Crippen LogP contribution in [0.1, 0.15) is 0 Å². The highest BCUT2D eigenvalue weighted by Crippen LogP contribution is 2.46. The lowest BCUT2D eigenvalue weighted by molar-refractivity contribution is -0.341. The van der Waals surface area contributed by atoms with Crippen molar-refractivity contribution in [3.8, 4) is 0 Å². The summed E-state index contributed by atoms with van der Waals surface area (Å²) < 4.78 is 87.6. The largest absolute Gasteiger partial charge is 0.460 e. The molecule has 0 spiro atoms. The normalized spacial score (nSPS) is 14.9. The predicted octanol–water partition coefficient (Wildman–Crippen LogP) is 3.18. The van der Waals surface area contributed by atoms with E-state index in [-0.39, 0.29) is 0 Å². The van der Waals surface area contributed by atoms with Gasteiger partial charge in [-0.2, -0.15) is 30.7 Å². The van der Waals surface area contributed by atoms with Crippen molar-refractivity contribution in [1.29, 1.82) is 0 Å². The summed E-state index contributed by atoms with van der Waals surface area (Å²) in [5.74, 6) is -11.4. The Morgan fingerprint density at radius 3 is 1.80 bits per heavy atom. The third kappa shape index (κ3) is 3.08. The van der Waals surface area contributed by atoms with Crippen LogP contribution in [0.15, 0.2) is 12.2 Å². The molecule has 0 heterocycles. The van der Waals surface area contributed by atoms with E-state index in [1.165, 1.54) is 0 Å². The Bertz CT molecular complexity index is 230. The molecule has 89 valence electrons. The van der Waals surface area contributed by atoms with Crippen LogP contribution in [0.25, 0.3) is 0 Å². The number of hydrogen-bond donors (Lipinski definition) is 0. The van der Waals surface area contributed by atoms with Crippen molar-refractivity contribution in [2.24, 2.45) is 0 Å². The van der Waals surface area contributed by atoms with Crippen LogP contribution in [0, 0.1) is 7.11 Å². The van der Waals surface area contributed by atoms with Gasteiger partial charge in [0.05, 0.1) is 13.7 Å². The minimum absolute atomic E-state index is 0.326. The number of alkyl halides is 7. The molecular weight excluding hydrogens is 233 g/mol. The summed E-state index contributed by atoms with van der Waals surface area (Å²) in [5.41, 5.74) is 0. The van der Waals surface area contributed by atoms with Crippen LogP contribution >= 0.6 is 0 Å². The molecule has 0 saturated heterocycles. The van der Waals surface area contributed by atoms with Gasteiger partial charge >= 0.3 is 18.0 Å². The number of ether oxygens (including phenoxy) is 1. The molecule has 0 fully saturated rings. The molecule has 0 N–H and O–H groups in total. The summed E-state index contributed by atoms with van der Waals surface area (Å²) >= 11 is 0. The molecule has 0 unspecified atom stereocenters. The van der Waals surface area contributed by atoms with Gasteiger partial charge in [-0.1, -0.05) is 6.08 Å². The van der Waals surface area contributed by atoms with Gasteiger partial charge in [-0.3, -0.25) is 0 Å². The average molecular weight is 239 g/mol. The standard InChI is InChI=1S/C7H6F7O/c1-15-4-2-3-5(8,9)6(10,11)7(12,13)14/h2-3H,1,4H2. The Balaban J connectivity index is 4.85. The molecule has 8 heteroatoms. The van der Waals surface area contributed by atoms with E-state index in [4.69, 9.17) is 0 Å². The molecule has 0 rings (SSSR count). The lowest BCUT2D eigenvalue weighted by Gasteiger charge is -2.25.